The Kier molecular flexibility index (Phi) is 6.35. The molecule has 1 aromatic rings. The fourth-order valence-electron chi connectivity index (χ4n) is 1.58. The van der Waals surface area contributed by atoms with Crippen LogP contribution in [0.1, 0.15) is 20.8 Å². The molecule has 0 unspecified atom stereocenters. The fraction of sp³-hybridized carbons (Fsp3) is 0.667. The van der Waals surface area contributed by atoms with Gasteiger partial charge in [-0.25, -0.2) is 9.64 Å². The van der Waals surface area contributed by atoms with E-state index in [1.165, 1.54) is 4.68 Å². The van der Waals surface area contributed by atoms with E-state index >= 15 is 0 Å². The monoisotopic (exact) mass is 338 g/mol. The third kappa shape index (κ3) is 7.81. The van der Waals surface area contributed by atoms with E-state index in [0.717, 1.165) is 6.04 Å². The Bertz CT molecular complexity index is 579. The van der Waals surface area contributed by atoms with Gasteiger partial charge in [0, 0.05) is 20.9 Å². The summed E-state index contributed by atoms with van der Waals surface area (Å²) in [6.45, 7) is 20.2. The number of amides is 1. The van der Waals surface area contributed by atoms with Crippen LogP contribution in [0.2, 0.25) is 25.7 Å². The zero-order valence-corrected chi connectivity index (χ0v) is 15.8. The van der Waals surface area contributed by atoms with E-state index in [0.29, 0.717) is 6.61 Å². The molecule has 0 atom stereocenters. The minimum atomic E-state index is -1.13. The third-order valence-electron chi connectivity index (χ3n) is 2.70. The first-order chi connectivity index (χ1) is 10.5. The summed E-state index contributed by atoms with van der Waals surface area (Å²) in [4.78, 5) is 15.1. The van der Waals surface area contributed by atoms with Gasteiger partial charge in [-0.3, -0.25) is 10.00 Å². The molecular weight excluding hydrogens is 312 g/mol. The second-order valence-electron chi connectivity index (χ2n) is 7.49. The van der Waals surface area contributed by atoms with Crippen molar-refractivity contribution in [2.45, 2.75) is 58.8 Å². The number of carbonyl (C=O) groups excluding carboxylic acids is 1. The first-order valence-corrected chi connectivity index (χ1v) is 11.2. The van der Waals surface area contributed by atoms with E-state index in [-0.39, 0.29) is 18.2 Å². The van der Waals surface area contributed by atoms with Crippen molar-refractivity contribution in [3.8, 4) is 0 Å². The Hall–Kier alpha value is -1.85. The van der Waals surface area contributed by atoms with Crippen LogP contribution in [0.5, 0.6) is 0 Å². The molecule has 0 saturated carbocycles. The van der Waals surface area contributed by atoms with Crippen molar-refractivity contribution in [3.05, 3.63) is 17.6 Å². The van der Waals surface area contributed by atoms with Crippen molar-refractivity contribution < 1.29 is 14.3 Å². The van der Waals surface area contributed by atoms with Crippen LogP contribution in [0, 0.1) is 6.57 Å². The molecule has 0 aromatic carbocycles. The van der Waals surface area contributed by atoms with Gasteiger partial charge in [-0.1, -0.05) is 19.6 Å². The molecule has 0 saturated heterocycles. The Morgan fingerprint density at radius 1 is 1.43 bits per heavy atom. The Morgan fingerprint density at radius 3 is 2.61 bits per heavy atom. The van der Waals surface area contributed by atoms with Gasteiger partial charge < -0.3 is 9.47 Å². The normalized spacial score (nSPS) is 11.9. The summed E-state index contributed by atoms with van der Waals surface area (Å²) in [5.41, 5.74) is -0.352. The summed E-state index contributed by atoms with van der Waals surface area (Å²) in [7, 11) is -1.13. The van der Waals surface area contributed by atoms with Crippen LogP contribution in [0.15, 0.2) is 6.20 Å². The zero-order chi connectivity index (χ0) is 17.7. The number of carbonyl (C=O) groups is 1. The molecule has 1 heterocycles. The smallest absolute Gasteiger partial charge is 0.412 e. The van der Waals surface area contributed by atoms with E-state index in [9.17, 15) is 4.79 Å². The van der Waals surface area contributed by atoms with Crippen LogP contribution in [-0.4, -0.2) is 36.2 Å². The molecule has 0 aliphatic carbocycles. The predicted octanol–water partition coefficient (Wildman–Crippen LogP) is 4.09. The van der Waals surface area contributed by atoms with E-state index in [1.807, 2.05) is 0 Å². The topological polar surface area (TPSA) is 69.7 Å². The highest BCUT2D eigenvalue weighted by Gasteiger charge is 2.19. The van der Waals surface area contributed by atoms with Gasteiger partial charge in [0.1, 0.15) is 12.3 Å². The standard InChI is InChI=1S/C15H26N4O3Si/c1-15(2,3)22-14(20)17-13-12(16-4)10-19(18-13)11-21-8-9-23(5,6)7/h10H,8-9,11H2,1-3,5-7H3,(H,17,18,20). The van der Waals surface area contributed by atoms with Crippen LogP contribution in [0.25, 0.3) is 4.85 Å². The second-order valence-corrected chi connectivity index (χ2v) is 13.1. The Morgan fingerprint density at radius 2 is 2.09 bits per heavy atom. The van der Waals surface area contributed by atoms with E-state index in [2.05, 4.69) is 34.9 Å². The second kappa shape index (κ2) is 7.61. The average molecular weight is 338 g/mol. The maximum absolute atomic E-state index is 11.8. The molecule has 0 aliphatic rings. The Labute approximate surface area is 138 Å². The first-order valence-electron chi connectivity index (χ1n) is 7.53. The molecule has 0 spiro atoms. The number of rotatable bonds is 6. The highest BCUT2D eigenvalue weighted by molar-refractivity contribution is 6.76. The van der Waals surface area contributed by atoms with Crippen molar-refractivity contribution in [1.82, 2.24) is 9.78 Å². The van der Waals surface area contributed by atoms with Crippen molar-refractivity contribution in [3.63, 3.8) is 0 Å². The molecule has 1 rings (SSSR count). The molecule has 0 bridgehead atoms. The summed E-state index contributed by atoms with van der Waals surface area (Å²) in [5, 5.41) is 6.66. The summed E-state index contributed by atoms with van der Waals surface area (Å²) >= 11 is 0. The van der Waals surface area contributed by atoms with Gasteiger partial charge in [-0.2, -0.15) is 5.10 Å². The van der Waals surface area contributed by atoms with Crippen LogP contribution in [0.3, 0.4) is 0 Å². The number of nitrogens with zero attached hydrogens (tertiary/aromatic N) is 3. The molecule has 0 fully saturated rings. The van der Waals surface area contributed by atoms with Gasteiger partial charge >= 0.3 is 6.09 Å². The van der Waals surface area contributed by atoms with Gasteiger partial charge in [0.25, 0.3) is 0 Å². The lowest BCUT2D eigenvalue weighted by molar-refractivity contribution is 0.0633. The fourth-order valence-corrected chi connectivity index (χ4v) is 2.34. The zero-order valence-electron chi connectivity index (χ0n) is 14.8. The summed E-state index contributed by atoms with van der Waals surface area (Å²) < 4.78 is 12.2. The van der Waals surface area contributed by atoms with Crippen LogP contribution >= 0.6 is 0 Å². The van der Waals surface area contributed by atoms with Crippen molar-refractivity contribution in [1.29, 1.82) is 0 Å². The maximum Gasteiger partial charge on any atom is 0.412 e. The number of ether oxygens (including phenoxy) is 2. The molecular formula is C15H26N4O3Si. The lowest BCUT2D eigenvalue weighted by atomic mass is 10.2. The maximum atomic E-state index is 11.8. The van der Waals surface area contributed by atoms with Crippen molar-refractivity contribution >= 4 is 25.7 Å². The molecule has 1 amide bonds. The minimum absolute atomic E-state index is 0.183. The lowest BCUT2D eigenvalue weighted by Gasteiger charge is -2.19. The van der Waals surface area contributed by atoms with Gasteiger partial charge in [0.2, 0.25) is 5.69 Å². The van der Waals surface area contributed by atoms with E-state index in [1.54, 1.807) is 27.0 Å². The highest BCUT2D eigenvalue weighted by Crippen LogP contribution is 2.23. The number of nitrogens with one attached hydrogen (secondary N) is 1. The number of hydrogen-bond donors (Lipinski definition) is 1. The molecule has 128 valence electrons. The quantitative estimate of drug-likeness (QED) is 0.482. The number of aromatic nitrogens is 2. The minimum Gasteiger partial charge on any atom is -0.444 e. The van der Waals surface area contributed by atoms with Crippen molar-refractivity contribution in [2.75, 3.05) is 11.9 Å². The summed E-state index contributed by atoms with van der Waals surface area (Å²) in [6.07, 6.45) is 0.918. The summed E-state index contributed by atoms with van der Waals surface area (Å²) in [6, 6.07) is 1.06. The molecule has 0 radical (unpaired) electrons. The SMILES string of the molecule is [C-]#[N+]c1cn(COCC[Si](C)(C)C)nc1NC(=O)OC(C)(C)C. The van der Waals surface area contributed by atoms with Gasteiger partial charge in [-0.05, 0) is 26.8 Å². The largest absolute Gasteiger partial charge is 0.444 e. The van der Waals surface area contributed by atoms with Gasteiger partial charge in [-0.15, -0.1) is 0 Å². The predicted molar refractivity (Wildman–Crippen MR) is 92.5 cm³/mol. The number of anilines is 1. The highest BCUT2D eigenvalue weighted by atomic mass is 28.3. The number of hydrogen-bond acceptors (Lipinski definition) is 4. The lowest BCUT2D eigenvalue weighted by Crippen LogP contribution is -2.27. The van der Waals surface area contributed by atoms with Crippen LogP contribution in [0.4, 0.5) is 16.3 Å². The molecule has 7 nitrogen and oxygen atoms in total. The third-order valence-corrected chi connectivity index (χ3v) is 4.41. The molecule has 1 aromatic heterocycles. The van der Waals surface area contributed by atoms with E-state index < -0.39 is 19.8 Å². The van der Waals surface area contributed by atoms with Crippen molar-refractivity contribution in [2.24, 2.45) is 0 Å². The molecule has 1 N–H and O–H groups in total. The molecule has 23 heavy (non-hydrogen) atoms. The van der Waals surface area contributed by atoms with Gasteiger partial charge in [0.15, 0.2) is 5.82 Å². The van der Waals surface area contributed by atoms with Crippen LogP contribution in [-0.2, 0) is 16.2 Å². The molecule has 8 heteroatoms. The average Bonchev–Trinajstić information content (AvgIpc) is 2.73. The summed E-state index contributed by atoms with van der Waals surface area (Å²) in [5.74, 6) is 0.183. The first kappa shape index (κ1) is 19.2. The van der Waals surface area contributed by atoms with E-state index in [4.69, 9.17) is 16.0 Å². The van der Waals surface area contributed by atoms with Crippen LogP contribution < -0.4 is 5.32 Å². The van der Waals surface area contributed by atoms with Gasteiger partial charge in [0.05, 0.1) is 6.57 Å². The Balaban J connectivity index is 2.60. The molecule has 0 aliphatic heterocycles.